The number of unbranched alkanes of at least 4 members (excludes halogenated alkanes) is 12. The maximum absolute atomic E-state index is 5.74. The average molecular weight is 354 g/mol. The van der Waals surface area contributed by atoms with E-state index in [4.69, 9.17) is 5.84 Å². The van der Waals surface area contributed by atoms with Gasteiger partial charge in [-0.15, -0.1) is 0 Å². The van der Waals surface area contributed by atoms with Crippen LogP contribution in [0.2, 0.25) is 0 Å². The van der Waals surface area contributed by atoms with E-state index in [0.717, 1.165) is 26.2 Å². The van der Waals surface area contributed by atoms with Crippen LogP contribution in [-0.4, -0.2) is 31.2 Å². The van der Waals surface area contributed by atoms with Crippen molar-refractivity contribution in [3.8, 4) is 0 Å². The molecule has 0 fully saturated rings. The molecule has 3 N–H and O–H groups in total. The smallest absolute Gasteiger partial charge is 0.0253 e. The fourth-order valence-electron chi connectivity index (χ4n) is 3.00. The second kappa shape index (κ2) is 21.7. The number of nitrogens with one attached hydrogen (secondary N) is 1. The van der Waals surface area contributed by atoms with Gasteiger partial charge in [0.25, 0.3) is 0 Å². The molecule has 0 aliphatic heterocycles. The van der Waals surface area contributed by atoms with Crippen molar-refractivity contribution in [2.45, 2.75) is 104 Å². The fraction of sp³-hybridized carbons (Fsp3) is 0.909. The van der Waals surface area contributed by atoms with Crippen LogP contribution in [0, 0.1) is 0 Å². The summed E-state index contributed by atoms with van der Waals surface area (Å²) in [6.07, 6.45) is 24.0. The van der Waals surface area contributed by atoms with Crippen molar-refractivity contribution in [1.29, 1.82) is 0 Å². The zero-order valence-corrected chi connectivity index (χ0v) is 17.4. The van der Waals surface area contributed by atoms with Crippen molar-refractivity contribution in [3.05, 3.63) is 12.2 Å². The summed E-state index contributed by atoms with van der Waals surface area (Å²) < 4.78 is 0. The van der Waals surface area contributed by atoms with E-state index in [1.54, 1.807) is 0 Å². The lowest BCUT2D eigenvalue weighted by atomic mass is 10.1. The van der Waals surface area contributed by atoms with Crippen molar-refractivity contribution >= 4 is 0 Å². The molecule has 0 aliphatic rings. The Bertz CT molecular complexity index is 266. The van der Waals surface area contributed by atoms with Gasteiger partial charge in [0.05, 0.1) is 0 Å². The first-order valence-electron chi connectivity index (χ1n) is 11.2. The van der Waals surface area contributed by atoms with E-state index in [2.05, 4.69) is 31.3 Å². The zero-order chi connectivity index (χ0) is 18.4. The highest BCUT2D eigenvalue weighted by atomic mass is 15.4. The zero-order valence-electron chi connectivity index (χ0n) is 17.4. The highest BCUT2D eigenvalue weighted by Crippen LogP contribution is 2.09. The molecule has 0 atom stereocenters. The van der Waals surface area contributed by atoms with Crippen LogP contribution >= 0.6 is 0 Å². The maximum atomic E-state index is 5.74. The third-order valence-electron chi connectivity index (χ3n) is 4.85. The molecule has 150 valence electrons. The van der Waals surface area contributed by atoms with Gasteiger partial charge in [0, 0.05) is 19.6 Å². The van der Waals surface area contributed by atoms with Crippen LogP contribution in [0.3, 0.4) is 0 Å². The van der Waals surface area contributed by atoms with Gasteiger partial charge in [0.1, 0.15) is 0 Å². The third-order valence-corrected chi connectivity index (χ3v) is 4.85. The number of rotatable bonds is 20. The van der Waals surface area contributed by atoms with Gasteiger partial charge in [-0.2, -0.15) is 0 Å². The van der Waals surface area contributed by atoms with E-state index < -0.39 is 0 Å². The minimum atomic E-state index is 0.927. The van der Waals surface area contributed by atoms with E-state index >= 15 is 0 Å². The topological polar surface area (TPSA) is 41.3 Å². The molecule has 25 heavy (non-hydrogen) atoms. The number of nitrogens with two attached hydrogens (primary N) is 1. The van der Waals surface area contributed by atoms with Crippen molar-refractivity contribution in [3.63, 3.8) is 0 Å². The van der Waals surface area contributed by atoms with Crippen LogP contribution in [-0.2, 0) is 0 Å². The van der Waals surface area contributed by atoms with Crippen molar-refractivity contribution < 1.29 is 0 Å². The Kier molecular flexibility index (Phi) is 21.3. The molecule has 0 radical (unpaired) electrons. The summed E-state index contributed by atoms with van der Waals surface area (Å²) in [5, 5.41) is 5.33. The monoisotopic (exact) mass is 353 g/mol. The van der Waals surface area contributed by atoms with Gasteiger partial charge in [0.2, 0.25) is 0 Å². The Labute approximate surface area is 158 Å². The summed E-state index contributed by atoms with van der Waals surface area (Å²) in [7, 11) is 0. The SMILES string of the molecule is CCCCCCCCC=CCCCCCCCCNCCN(N)CC. The first kappa shape index (κ1) is 24.6. The quantitative estimate of drug-likeness (QED) is 0.126. The third kappa shape index (κ3) is 21.6. The Morgan fingerprint density at radius 3 is 1.76 bits per heavy atom. The number of hydrogen-bond donors (Lipinski definition) is 2. The van der Waals surface area contributed by atoms with E-state index in [-0.39, 0.29) is 0 Å². The van der Waals surface area contributed by atoms with E-state index in [1.807, 2.05) is 5.01 Å². The molecule has 0 amide bonds. The largest absolute Gasteiger partial charge is 0.315 e. The maximum Gasteiger partial charge on any atom is 0.0253 e. The first-order valence-corrected chi connectivity index (χ1v) is 11.2. The molecule has 0 aromatic rings. The number of allylic oxidation sites excluding steroid dienone is 2. The van der Waals surface area contributed by atoms with Crippen molar-refractivity contribution in [1.82, 2.24) is 10.3 Å². The van der Waals surface area contributed by atoms with Crippen molar-refractivity contribution in [2.75, 3.05) is 26.2 Å². The molecular weight excluding hydrogens is 306 g/mol. The van der Waals surface area contributed by atoms with E-state index in [1.165, 1.54) is 89.9 Å². The summed E-state index contributed by atoms with van der Waals surface area (Å²) in [6.45, 7) is 8.39. The lowest BCUT2D eigenvalue weighted by molar-refractivity contribution is 0.297. The molecule has 0 unspecified atom stereocenters. The molecule has 0 aromatic carbocycles. The molecular formula is C22H47N3. The van der Waals surface area contributed by atoms with Gasteiger partial charge >= 0.3 is 0 Å². The molecule has 0 aliphatic carbocycles. The van der Waals surface area contributed by atoms with E-state index in [0.29, 0.717) is 0 Å². The summed E-state index contributed by atoms with van der Waals surface area (Å²) in [5.74, 6) is 5.74. The molecule has 0 heterocycles. The lowest BCUT2D eigenvalue weighted by Gasteiger charge is -2.13. The number of hydrazine groups is 1. The van der Waals surface area contributed by atoms with Crippen molar-refractivity contribution in [2.24, 2.45) is 5.84 Å². The molecule has 0 spiro atoms. The molecule has 3 heteroatoms. The summed E-state index contributed by atoms with van der Waals surface area (Å²) in [4.78, 5) is 0. The molecule has 0 rings (SSSR count). The van der Waals surface area contributed by atoms with Gasteiger partial charge < -0.3 is 5.32 Å². The normalized spacial score (nSPS) is 11.8. The minimum Gasteiger partial charge on any atom is -0.315 e. The number of hydrogen-bond acceptors (Lipinski definition) is 3. The summed E-state index contributed by atoms with van der Waals surface area (Å²) in [5.41, 5.74) is 0. The van der Waals surface area contributed by atoms with Gasteiger partial charge in [-0.05, 0) is 38.6 Å². The predicted molar refractivity (Wildman–Crippen MR) is 114 cm³/mol. The second-order valence-corrected chi connectivity index (χ2v) is 7.32. The Morgan fingerprint density at radius 1 is 0.680 bits per heavy atom. The predicted octanol–water partition coefficient (Wildman–Crippen LogP) is 5.81. The summed E-state index contributed by atoms with van der Waals surface area (Å²) >= 11 is 0. The van der Waals surface area contributed by atoms with Gasteiger partial charge in [0.15, 0.2) is 0 Å². The standard InChI is InChI=1S/C22H47N3/c1-3-5-6-7-8-9-10-11-12-13-14-15-16-17-18-19-20-24-21-22-25(23)4-2/h11-12,24H,3-10,13-23H2,1-2H3. The van der Waals surface area contributed by atoms with E-state index in [9.17, 15) is 0 Å². The van der Waals surface area contributed by atoms with Crippen LogP contribution in [0.1, 0.15) is 104 Å². The van der Waals surface area contributed by atoms with Gasteiger partial charge in [-0.1, -0.05) is 83.8 Å². The molecule has 0 saturated carbocycles. The number of likely N-dealkylation sites (N-methyl/N-ethyl adjacent to an activating group) is 1. The Hall–Kier alpha value is -0.380. The van der Waals surface area contributed by atoms with Crippen LogP contribution in [0.5, 0.6) is 0 Å². The van der Waals surface area contributed by atoms with Gasteiger partial charge in [-0.25, -0.2) is 5.01 Å². The Balaban J connectivity index is 3.07. The Morgan fingerprint density at radius 2 is 1.20 bits per heavy atom. The lowest BCUT2D eigenvalue weighted by Crippen LogP contribution is -2.37. The summed E-state index contributed by atoms with van der Waals surface area (Å²) in [6, 6.07) is 0. The number of nitrogens with zero attached hydrogens (tertiary/aromatic N) is 1. The molecule has 0 aromatic heterocycles. The minimum absolute atomic E-state index is 0.927. The van der Waals surface area contributed by atoms with Crippen LogP contribution in [0.15, 0.2) is 12.2 Å². The highest BCUT2D eigenvalue weighted by molar-refractivity contribution is 4.81. The molecule has 0 saturated heterocycles. The average Bonchev–Trinajstić information content (AvgIpc) is 2.63. The molecule has 3 nitrogen and oxygen atoms in total. The second-order valence-electron chi connectivity index (χ2n) is 7.32. The highest BCUT2D eigenvalue weighted by Gasteiger charge is 1.94. The van der Waals surface area contributed by atoms with Gasteiger partial charge in [-0.3, -0.25) is 5.84 Å². The van der Waals surface area contributed by atoms with Crippen LogP contribution < -0.4 is 11.2 Å². The molecule has 0 bridgehead atoms. The van der Waals surface area contributed by atoms with Crippen LogP contribution in [0.25, 0.3) is 0 Å². The first-order chi connectivity index (χ1) is 12.3. The fourth-order valence-corrected chi connectivity index (χ4v) is 3.00. The van der Waals surface area contributed by atoms with Crippen LogP contribution in [0.4, 0.5) is 0 Å².